The zero-order chi connectivity index (χ0) is 17.7. The molecule has 1 aliphatic heterocycles. The summed E-state index contributed by atoms with van der Waals surface area (Å²) in [5.41, 5.74) is 2.51. The van der Waals surface area contributed by atoms with Crippen LogP contribution in [0.15, 0.2) is 60.7 Å². The highest BCUT2D eigenvalue weighted by atomic mass is 16.1. The summed E-state index contributed by atoms with van der Waals surface area (Å²) >= 11 is 0. The van der Waals surface area contributed by atoms with Gasteiger partial charge in [-0.15, -0.1) is 0 Å². The van der Waals surface area contributed by atoms with Crippen molar-refractivity contribution < 1.29 is 4.79 Å². The lowest BCUT2D eigenvalue weighted by atomic mass is 9.55. The molecule has 0 unspecified atom stereocenters. The van der Waals surface area contributed by atoms with Crippen molar-refractivity contribution in [2.45, 2.75) is 45.7 Å². The molecule has 0 bridgehead atoms. The first-order valence-electron chi connectivity index (χ1n) is 9.29. The molecule has 0 aromatic heterocycles. The van der Waals surface area contributed by atoms with Gasteiger partial charge in [0.25, 0.3) is 0 Å². The normalized spacial score (nSPS) is 33.9. The highest BCUT2D eigenvalue weighted by molar-refractivity contribution is 5.85. The summed E-state index contributed by atoms with van der Waals surface area (Å²) in [6, 6.07) is 21.4. The van der Waals surface area contributed by atoms with E-state index < -0.39 is 0 Å². The Balaban J connectivity index is 1.82. The Morgan fingerprint density at radius 3 is 2.04 bits per heavy atom. The molecule has 1 heterocycles. The van der Waals surface area contributed by atoms with Crippen molar-refractivity contribution in [3.05, 3.63) is 71.8 Å². The molecule has 25 heavy (non-hydrogen) atoms. The summed E-state index contributed by atoms with van der Waals surface area (Å²) < 4.78 is 0. The minimum absolute atomic E-state index is 0.0353. The second-order valence-corrected chi connectivity index (χ2v) is 8.87. The van der Waals surface area contributed by atoms with E-state index in [9.17, 15) is 4.79 Å². The number of hydrogen-bond acceptors (Lipinski definition) is 2. The van der Waals surface area contributed by atoms with Gasteiger partial charge in [-0.2, -0.15) is 0 Å². The van der Waals surface area contributed by atoms with Crippen LogP contribution in [-0.4, -0.2) is 5.78 Å². The Kier molecular flexibility index (Phi) is 3.84. The number of carbonyl (C=O) groups excluding carboxylic acids is 1. The molecule has 2 aromatic rings. The second-order valence-electron chi connectivity index (χ2n) is 8.87. The SMILES string of the molecule is CC1(C)CC(=O)[C@@H]2[C@H](c3ccccc3)N[C@@H](c3ccccc3)[C@]2(C)C1. The highest BCUT2D eigenvalue weighted by Gasteiger charge is 2.59. The number of benzene rings is 2. The topological polar surface area (TPSA) is 29.1 Å². The predicted octanol–water partition coefficient (Wildman–Crippen LogP) is 5.08. The molecule has 2 aliphatic rings. The van der Waals surface area contributed by atoms with Crippen molar-refractivity contribution in [3.8, 4) is 0 Å². The van der Waals surface area contributed by atoms with Crippen LogP contribution in [0.3, 0.4) is 0 Å². The first-order chi connectivity index (χ1) is 11.9. The molecule has 4 rings (SSSR count). The fourth-order valence-corrected chi connectivity index (χ4v) is 5.54. The van der Waals surface area contributed by atoms with Crippen LogP contribution in [0.1, 0.15) is 56.8 Å². The minimum Gasteiger partial charge on any atom is -0.302 e. The maximum Gasteiger partial charge on any atom is 0.139 e. The molecular weight excluding hydrogens is 306 g/mol. The summed E-state index contributed by atoms with van der Waals surface area (Å²) in [4.78, 5) is 13.2. The van der Waals surface area contributed by atoms with Gasteiger partial charge in [0, 0.05) is 24.4 Å². The van der Waals surface area contributed by atoms with E-state index in [2.05, 4.69) is 80.7 Å². The number of Topliss-reactive ketones (excluding diaryl/α,β-unsaturated/α-hetero) is 1. The fraction of sp³-hybridized carbons (Fsp3) is 0.435. The molecule has 0 amide bonds. The van der Waals surface area contributed by atoms with E-state index in [1.807, 2.05) is 6.07 Å². The Bertz CT molecular complexity index is 767. The molecular formula is C23H27NO. The maximum atomic E-state index is 13.2. The summed E-state index contributed by atoms with van der Waals surface area (Å²) in [6.45, 7) is 6.80. The number of fused-ring (bicyclic) bond motifs is 1. The number of nitrogens with one attached hydrogen (secondary N) is 1. The molecule has 2 nitrogen and oxygen atoms in total. The molecule has 1 saturated carbocycles. The van der Waals surface area contributed by atoms with E-state index in [1.165, 1.54) is 11.1 Å². The molecule has 2 fully saturated rings. The third-order valence-corrected chi connectivity index (χ3v) is 6.20. The number of rotatable bonds is 2. The third-order valence-electron chi connectivity index (χ3n) is 6.20. The third kappa shape index (κ3) is 2.73. The van der Waals surface area contributed by atoms with E-state index in [4.69, 9.17) is 0 Å². The van der Waals surface area contributed by atoms with Crippen molar-refractivity contribution in [2.24, 2.45) is 16.7 Å². The smallest absolute Gasteiger partial charge is 0.139 e. The van der Waals surface area contributed by atoms with Crippen molar-refractivity contribution in [3.63, 3.8) is 0 Å². The Morgan fingerprint density at radius 1 is 0.880 bits per heavy atom. The zero-order valence-corrected chi connectivity index (χ0v) is 15.3. The molecule has 2 heteroatoms. The highest BCUT2D eigenvalue weighted by Crippen LogP contribution is 2.61. The molecule has 1 saturated heterocycles. The van der Waals surface area contributed by atoms with Gasteiger partial charge in [0.05, 0.1) is 0 Å². The quantitative estimate of drug-likeness (QED) is 0.830. The van der Waals surface area contributed by atoms with Gasteiger partial charge in [-0.05, 0) is 28.4 Å². The van der Waals surface area contributed by atoms with Gasteiger partial charge in [-0.25, -0.2) is 0 Å². The van der Waals surface area contributed by atoms with Crippen LogP contribution in [0.25, 0.3) is 0 Å². The lowest BCUT2D eigenvalue weighted by Crippen LogP contribution is -2.44. The molecule has 130 valence electrons. The van der Waals surface area contributed by atoms with E-state index in [0.29, 0.717) is 12.2 Å². The molecule has 0 spiro atoms. The zero-order valence-electron chi connectivity index (χ0n) is 15.3. The Labute approximate surface area is 150 Å². The van der Waals surface area contributed by atoms with Crippen molar-refractivity contribution >= 4 is 5.78 Å². The molecule has 0 radical (unpaired) electrons. The monoisotopic (exact) mass is 333 g/mol. The standard InChI is InChI=1S/C23H27NO/c1-22(2)14-18(25)19-20(16-10-6-4-7-11-16)24-21(23(19,3)15-22)17-12-8-5-9-13-17/h4-13,19-21,24H,14-15H2,1-3H3/t19-,20+,21+,23-/m1/s1. The molecule has 2 aromatic carbocycles. The summed E-state index contributed by atoms with van der Waals surface area (Å²) in [7, 11) is 0. The average Bonchev–Trinajstić information content (AvgIpc) is 2.88. The van der Waals surface area contributed by atoms with Crippen LogP contribution in [0.5, 0.6) is 0 Å². The maximum absolute atomic E-state index is 13.2. The fourth-order valence-electron chi connectivity index (χ4n) is 5.54. The predicted molar refractivity (Wildman–Crippen MR) is 101 cm³/mol. The number of hydrogen-bond donors (Lipinski definition) is 1. The number of ketones is 1. The van der Waals surface area contributed by atoms with E-state index in [0.717, 1.165) is 6.42 Å². The van der Waals surface area contributed by atoms with Crippen molar-refractivity contribution in [2.75, 3.05) is 0 Å². The van der Waals surface area contributed by atoms with Crippen LogP contribution < -0.4 is 5.32 Å². The van der Waals surface area contributed by atoms with E-state index in [1.54, 1.807) is 0 Å². The van der Waals surface area contributed by atoms with Gasteiger partial charge in [0.1, 0.15) is 5.78 Å². The second kappa shape index (κ2) is 5.81. The molecule has 1 aliphatic carbocycles. The van der Waals surface area contributed by atoms with Gasteiger partial charge >= 0.3 is 0 Å². The van der Waals surface area contributed by atoms with Crippen LogP contribution in [0.2, 0.25) is 0 Å². The van der Waals surface area contributed by atoms with Gasteiger partial charge in [-0.1, -0.05) is 81.4 Å². The molecule has 1 N–H and O–H groups in total. The summed E-state index contributed by atoms with van der Waals surface area (Å²) in [5.74, 6) is 0.451. The first-order valence-corrected chi connectivity index (χ1v) is 9.29. The van der Waals surface area contributed by atoms with Gasteiger partial charge in [0.2, 0.25) is 0 Å². The lowest BCUT2D eigenvalue weighted by Gasteiger charge is -2.47. The van der Waals surface area contributed by atoms with Crippen LogP contribution in [0.4, 0.5) is 0 Å². The molecule has 4 atom stereocenters. The largest absolute Gasteiger partial charge is 0.302 e. The first kappa shape index (κ1) is 16.5. The Hall–Kier alpha value is -1.93. The van der Waals surface area contributed by atoms with Crippen molar-refractivity contribution in [1.29, 1.82) is 0 Å². The van der Waals surface area contributed by atoms with Gasteiger partial charge in [0.15, 0.2) is 0 Å². The number of carbonyl (C=O) groups is 1. The Morgan fingerprint density at radius 2 is 1.44 bits per heavy atom. The minimum atomic E-state index is -0.0688. The van der Waals surface area contributed by atoms with Crippen LogP contribution in [-0.2, 0) is 4.79 Å². The average molecular weight is 333 g/mol. The summed E-state index contributed by atoms with van der Waals surface area (Å²) in [5, 5.41) is 3.85. The van der Waals surface area contributed by atoms with Crippen molar-refractivity contribution in [1.82, 2.24) is 5.32 Å². The van der Waals surface area contributed by atoms with E-state index in [-0.39, 0.29) is 28.8 Å². The van der Waals surface area contributed by atoms with Crippen LogP contribution >= 0.6 is 0 Å². The van der Waals surface area contributed by atoms with Gasteiger partial charge < -0.3 is 5.32 Å². The summed E-state index contributed by atoms with van der Waals surface area (Å²) in [6.07, 6.45) is 1.74. The van der Waals surface area contributed by atoms with Gasteiger partial charge in [-0.3, -0.25) is 4.79 Å². The lowest BCUT2D eigenvalue weighted by molar-refractivity contribution is -0.134. The van der Waals surface area contributed by atoms with Crippen LogP contribution in [0, 0.1) is 16.7 Å². The van der Waals surface area contributed by atoms with E-state index >= 15 is 0 Å².